The summed E-state index contributed by atoms with van der Waals surface area (Å²) in [5.41, 5.74) is 8.91. The molecule has 3 heterocycles. The number of anilines is 3. The third-order valence-electron chi connectivity index (χ3n) is 4.55. The first kappa shape index (κ1) is 17.0. The van der Waals surface area contributed by atoms with E-state index in [9.17, 15) is 0 Å². The fourth-order valence-electron chi connectivity index (χ4n) is 3.18. The minimum absolute atomic E-state index is 0.625. The molecule has 0 radical (unpaired) electrons. The number of hydrogen-bond donors (Lipinski definition) is 2. The van der Waals surface area contributed by atoms with Crippen molar-refractivity contribution in [2.75, 3.05) is 48.8 Å². The molecule has 1 saturated heterocycles. The molecule has 0 saturated carbocycles. The van der Waals surface area contributed by atoms with Gasteiger partial charge in [0.2, 0.25) is 0 Å². The third-order valence-corrected chi connectivity index (χ3v) is 5.60. The molecule has 0 atom stereocenters. The third kappa shape index (κ3) is 3.56. The molecule has 3 aromatic rings. The van der Waals surface area contributed by atoms with Crippen LogP contribution in [0.5, 0.6) is 0 Å². The zero-order chi connectivity index (χ0) is 17.9. The number of fused-ring (bicyclic) bond motifs is 1. The van der Waals surface area contributed by atoms with E-state index in [0.717, 1.165) is 61.7 Å². The van der Waals surface area contributed by atoms with Crippen molar-refractivity contribution in [2.24, 2.45) is 0 Å². The van der Waals surface area contributed by atoms with Crippen LogP contribution in [-0.2, 0) is 11.2 Å². The van der Waals surface area contributed by atoms with Crippen LogP contribution in [0.15, 0.2) is 24.5 Å². The van der Waals surface area contributed by atoms with E-state index in [-0.39, 0.29) is 0 Å². The van der Waals surface area contributed by atoms with Gasteiger partial charge in [-0.25, -0.2) is 15.0 Å². The normalized spacial score (nSPS) is 14.7. The van der Waals surface area contributed by atoms with Crippen molar-refractivity contribution < 1.29 is 4.74 Å². The smallest absolute Gasteiger partial charge is 0.180 e. The number of nitrogens with zero attached hydrogens (tertiary/aromatic N) is 4. The number of morpholine rings is 1. The molecular formula is C18H22N6OS. The van der Waals surface area contributed by atoms with Crippen LogP contribution in [0.25, 0.3) is 10.9 Å². The molecule has 1 fully saturated rings. The summed E-state index contributed by atoms with van der Waals surface area (Å²) in [4.78, 5) is 16.7. The SMILES string of the molecule is Cc1nc(N)sc1CCNc1ncnc2ccc(N3CCOCC3)cc12. The number of rotatable bonds is 5. The number of aryl methyl sites for hydroxylation is 1. The maximum absolute atomic E-state index is 5.78. The summed E-state index contributed by atoms with van der Waals surface area (Å²) in [5, 5.41) is 5.11. The molecule has 0 unspecified atom stereocenters. The van der Waals surface area contributed by atoms with Crippen molar-refractivity contribution in [2.45, 2.75) is 13.3 Å². The van der Waals surface area contributed by atoms with E-state index in [4.69, 9.17) is 10.5 Å². The van der Waals surface area contributed by atoms with Gasteiger partial charge in [0.25, 0.3) is 0 Å². The van der Waals surface area contributed by atoms with E-state index in [1.807, 2.05) is 6.92 Å². The largest absolute Gasteiger partial charge is 0.378 e. The Morgan fingerprint density at radius 2 is 2.12 bits per heavy atom. The number of thiazole rings is 1. The van der Waals surface area contributed by atoms with Gasteiger partial charge in [-0.1, -0.05) is 0 Å². The van der Waals surface area contributed by atoms with Crippen LogP contribution in [0.2, 0.25) is 0 Å². The van der Waals surface area contributed by atoms with Crippen molar-refractivity contribution >= 4 is 38.9 Å². The summed E-state index contributed by atoms with van der Waals surface area (Å²) in [5.74, 6) is 0.861. The van der Waals surface area contributed by atoms with Gasteiger partial charge >= 0.3 is 0 Å². The lowest BCUT2D eigenvalue weighted by Gasteiger charge is -2.29. The second-order valence-corrected chi connectivity index (χ2v) is 7.38. The molecule has 8 heteroatoms. The van der Waals surface area contributed by atoms with Crippen molar-refractivity contribution in [1.29, 1.82) is 0 Å². The van der Waals surface area contributed by atoms with E-state index < -0.39 is 0 Å². The summed E-state index contributed by atoms with van der Waals surface area (Å²) >= 11 is 1.55. The Labute approximate surface area is 156 Å². The first-order valence-electron chi connectivity index (χ1n) is 8.74. The van der Waals surface area contributed by atoms with Gasteiger partial charge in [0.15, 0.2) is 5.13 Å². The average molecular weight is 370 g/mol. The van der Waals surface area contributed by atoms with Gasteiger partial charge < -0.3 is 20.7 Å². The Balaban J connectivity index is 1.53. The summed E-state index contributed by atoms with van der Waals surface area (Å²) in [6.45, 7) is 6.13. The van der Waals surface area contributed by atoms with E-state index in [1.54, 1.807) is 17.7 Å². The number of benzene rings is 1. The summed E-state index contributed by atoms with van der Waals surface area (Å²) in [7, 11) is 0. The number of nitrogen functional groups attached to an aromatic ring is 1. The Bertz CT molecular complexity index is 906. The average Bonchev–Trinajstić information content (AvgIpc) is 2.99. The van der Waals surface area contributed by atoms with Gasteiger partial charge in [0, 0.05) is 42.0 Å². The lowest BCUT2D eigenvalue weighted by atomic mass is 10.2. The highest BCUT2D eigenvalue weighted by molar-refractivity contribution is 7.15. The number of ether oxygens (including phenoxy) is 1. The lowest BCUT2D eigenvalue weighted by molar-refractivity contribution is 0.122. The van der Waals surface area contributed by atoms with Crippen molar-refractivity contribution in [3.05, 3.63) is 35.1 Å². The Morgan fingerprint density at radius 1 is 1.27 bits per heavy atom. The molecule has 136 valence electrons. The maximum Gasteiger partial charge on any atom is 0.180 e. The van der Waals surface area contributed by atoms with Gasteiger partial charge in [-0.05, 0) is 25.1 Å². The summed E-state index contributed by atoms with van der Waals surface area (Å²) < 4.78 is 5.45. The molecule has 0 spiro atoms. The predicted octanol–water partition coefficient (Wildman–Crippen LogP) is 2.47. The zero-order valence-corrected chi connectivity index (χ0v) is 15.6. The molecule has 0 amide bonds. The first-order valence-corrected chi connectivity index (χ1v) is 9.55. The number of nitrogens with one attached hydrogen (secondary N) is 1. The Morgan fingerprint density at radius 3 is 2.88 bits per heavy atom. The van der Waals surface area contributed by atoms with Crippen LogP contribution in [0, 0.1) is 6.92 Å². The topological polar surface area (TPSA) is 89.2 Å². The minimum atomic E-state index is 0.625. The highest BCUT2D eigenvalue weighted by atomic mass is 32.1. The van der Waals surface area contributed by atoms with Crippen molar-refractivity contribution in [1.82, 2.24) is 15.0 Å². The molecule has 7 nitrogen and oxygen atoms in total. The Hall–Kier alpha value is -2.45. The first-order chi connectivity index (χ1) is 12.7. The summed E-state index contributed by atoms with van der Waals surface area (Å²) in [6.07, 6.45) is 2.48. The highest BCUT2D eigenvalue weighted by Gasteiger charge is 2.13. The molecule has 2 aromatic heterocycles. The quantitative estimate of drug-likeness (QED) is 0.713. The van der Waals surface area contributed by atoms with Crippen LogP contribution in [0.1, 0.15) is 10.6 Å². The van der Waals surface area contributed by atoms with Gasteiger partial charge in [-0.3, -0.25) is 0 Å². The standard InChI is InChI=1S/C18H22N6OS/c1-12-16(26-18(19)23-12)4-5-20-17-14-10-13(24-6-8-25-9-7-24)2-3-15(14)21-11-22-17/h2-3,10-11H,4-9H2,1H3,(H2,19,23)(H,20,21,22). The van der Waals surface area contributed by atoms with E-state index in [2.05, 4.69) is 43.4 Å². The molecular weight excluding hydrogens is 348 g/mol. The Kier molecular flexibility index (Phi) is 4.85. The van der Waals surface area contributed by atoms with Gasteiger partial charge in [0.05, 0.1) is 24.4 Å². The second kappa shape index (κ2) is 7.43. The van der Waals surface area contributed by atoms with Crippen molar-refractivity contribution in [3.8, 4) is 0 Å². The molecule has 0 bridgehead atoms. The fraction of sp³-hybridized carbons (Fsp3) is 0.389. The number of nitrogens with two attached hydrogens (primary N) is 1. The minimum Gasteiger partial charge on any atom is -0.378 e. The second-order valence-electron chi connectivity index (χ2n) is 6.26. The molecule has 1 aliphatic heterocycles. The molecule has 3 N–H and O–H groups in total. The van der Waals surface area contributed by atoms with Crippen LogP contribution in [0.3, 0.4) is 0 Å². The van der Waals surface area contributed by atoms with E-state index in [1.165, 1.54) is 10.6 Å². The summed E-state index contributed by atoms with van der Waals surface area (Å²) in [6, 6.07) is 6.34. The van der Waals surface area contributed by atoms with Crippen LogP contribution in [-0.4, -0.2) is 47.8 Å². The fourth-order valence-corrected chi connectivity index (χ4v) is 4.01. The lowest BCUT2D eigenvalue weighted by Crippen LogP contribution is -2.36. The maximum atomic E-state index is 5.78. The van der Waals surface area contributed by atoms with E-state index in [0.29, 0.717) is 5.13 Å². The van der Waals surface area contributed by atoms with Crippen LogP contribution >= 0.6 is 11.3 Å². The van der Waals surface area contributed by atoms with Crippen LogP contribution < -0.4 is 16.0 Å². The highest BCUT2D eigenvalue weighted by Crippen LogP contribution is 2.26. The van der Waals surface area contributed by atoms with Gasteiger partial charge in [-0.2, -0.15) is 0 Å². The number of aromatic nitrogens is 3. The van der Waals surface area contributed by atoms with Crippen LogP contribution in [0.4, 0.5) is 16.6 Å². The van der Waals surface area contributed by atoms with Crippen molar-refractivity contribution in [3.63, 3.8) is 0 Å². The molecule has 26 heavy (non-hydrogen) atoms. The van der Waals surface area contributed by atoms with E-state index >= 15 is 0 Å². The monoisotopic (exact) mass is 370 g/mol. The predicted molar refractivity (Wildman–Crippen MR) is 106 cm³/mol. The number of hydrogen-bond acceptors (Lipinski definition) is 8. The van der Waals surface area contributed by atoms with Gasteiger partial charge in [-0.15, -0.1) is 11.3 Å². The molecule has 0 aliphatic carbocycles. The zero-order valence-electron chi connectivity index (χ0n) is 14.7. The molecule has 1 aliphatic rings. The van der Waals surface area contributed by atoms with Gasteiger partial charge in [0.1, 0.15) is 12.1 Å². The molecule has 4 rings (SSSR count). The molecule has 1 aromatic carbocycles.